The van der Waals surface area contributed by atoms with Crippen LogP contribution in [0.1, 0.15) is 11.1 Å². The highest BCUT2D eigenvalue weighted by molar-refractivity contribution is 5.73. The molecular weight excluding hydrogens is 238 g/mol. The van der Waals surface area contributed by atoms with Gasteiger partial charge in [0.15, 0.2) is 0 Å². The lowest BCUT2D eigenvalue weighted by molar-refractivity contribution is 0.414. The van der Waals surface area contributed by atoms with E-state index in [1.807, 2.05) is 50.2 Å². The zero-order valence-electron chi connectivity index (χ0n) is 11.2. The first-order valence-corrected chi connectivity index (χ1v) is 6.17. The summed E-state index contributed by atoms with van der Waals surface area (Å²) in [5.74, 6) is 0.857. The Morgan fingerprint density at radius 2 is 1.47 bits per heavy atom. The third-order valence-electron chi connectivity index (χ3n) is 3.19. The van der Waals surface area contributed by atoms with Crippen LogP contribution in [0.3, 0.4) is 0 Å². The molecule has 0 N–H and O–H groups in total. The number of nitrogens with zero attached hydrogens (tertiary/aromatic N) is 3. The molecule has 0 aliphatic heterocycles. The van der Waals surface area contributed by atoms with Crippen molar-refractivity contribution >= 4 is 11.0 Å². The van der Waals surface area contributed by atoms with Crippen LogP contribution in [0.15, 0.2) is 36.4 Å². The van der Waals surface area contributed by atoms with E-state index in [0.717, 1.165) is 33.6 Å². The number of methoxy groups -OCH3 is 1. The topological polar surface area (TPSA) is 39.9 Å². The van der Waals surface area contributed by atoms with Crippen LogP contribution in [0.5, 0.6) is 5.75 Å². The summed E-state index contributed by atoms with van der Waals surface area (Å²) < 4.78 is 5.28. The maximum atomic E-state index is 5.28. The highest BCUT2D eigenvalue weighted by Crippen LogP contribution is 2.24. The molecule has 0 fully saturated rings. The van der Waals surface area contributed by atoms with Gasteiger partial charge < -0.3 is 4.74 Å². The molecule has 0 amide bonds. The molecule has 3 aromatic rings. The largest absolute Gasteiger partial charge is 0.497 e. The number of hydrogen-bond acceptors (Lipinski definition) is 3. The van der Waals surface area contributed by atoms with Gasteiger partial charge in [0.1, 0.15) is 16.8 Å². The molecule has 19 heavy (non-hydrogen) atoms. The summed E-state index contributed by atoms with van der Waals surface area (Å²) in [5, 5.41) is 9.05. The molecule has 0 unspecified atom stereocenters. The second kappa shape index (κ2) is 4.39. The van der Waals surface area contributed by atoms with E-state index in [2.05, 4.69) is 10.2 Å². The summed E-state index contributed by atoms with van der Waals surface area (Å²) in [6.45, 7) is 4.08. The van der Waals surface area contributed by atoms with Crippen molar-refractivity contribution in [2.45, 2.75) is 13.8 Å². The zero-order valence-corrected chi connectivity index (χ0v) is 11.2. The van der Waals surface area contributed by atoms with Crippen molar-refractivity contribution < 1.29 is 4.74 Å². The lowest BCUT2D eigenvalue weighted by Crippen LogP contribution is -2.04. The van der Waals surface area contributed by atoms with Gasteiger partial charge in [0, 0.05) is 0 Å². The van der Waals surface area contributed by atoms with Gasteiger partial charge in [-0.15, -0.1) is 15.0 Å². The zero-order chi connectivity index (χ0) is 13.4. The number of aryl methyl sites for hydroxylation is 2. The van der Waals surface area contributed by atoms with Crippen molar-refractivity contribution in [2.75, 3.05) is 7.11 Å². The summed E-state index contributed by atoms with van der Waals surface area (Å²) >= 11 is 0. The van der Waals surface area contributed by atoms with Gasteiger partial charge in [-0.3, -0.25) is 0 Å². The van der Waals surface area contributed by atoms with Crippen LogP contribution >= 0.6 is 0 Å². The predicted octanol–water partition coefficient (Wildman–Crippen LogP) is 3.05. The van der Waals surface area contributed by atoms with Crippen molar-refractivity contribution in [1.29, 1.82) is 0 Å². The number of benzene rings is 2. The minimum atomic E-state index is 0.857. The summed E-state index contributed by atoms with van der Waals surface area (Å²) in [4.78, 5) is 1.70. The molecule has 1 aromatic heterocycles. The predicted molar refractivity (Wildman–Crippen MR) is 74.9 cm³/mol. The average Bonchev–Trinajstić information content (AvgIpc) is 2.80. The Kier molecular flexibility index (Phi) is 2.71. The number of hydrogen-bond donors (Lipinski definition) is 0. The van der Waals surface area contributed by atoms with Gasteiger partial charge in [0.05, 0.1) is 12.8 Å². The van der Waals surface area contributed by atoms with Crippen LogP contribution < -0.4 is 4.74 Å². The van der Waals surface area contributed by atoms with Crippen molar-refractivity contribution in [3.63, 3.8) is 0 Å². The Labute approximate surface area is 111 Å². The molecular formula is C15H15N3O. The Balaban J connectivity index is 2.21. The third-order valence-corrected chi connectivity index (χ3v) is 3.19. The summed E-state index contributed by atoms with van der Waals surface area (Å²) in [6, 6.07) is 11.9. The van der Waals surface area contributed by atoms with Gasteiger partial charge >= 0.3 is 0 Å². The SMILES string of the molecule is COc1cc(C)c(-n2nc3ccccc3n2)c(C)c1. The fourth-order valence-corrected chi connectivity index (χ4v) is 2.31. The van der Waals surface area contributed by atoms with Crippen molar-refractivity contribution in [3.8, 4) is 11.4 Å². The van der Waals surface area contributed by atoms with E-state index in [4.69, 9.17) is 4.74 Å². The number of fused-ring (bicyclic) bond motifs is 1. The molecule has 0 aliphatic carbocycles. The van der Waals surface area contributed by atoms with E-state index in [0.29, 0.717) is 0 Å². The molecule has 2 aromatic carbocycles. The van der Waals surface area contributed by atoms with Gasteiger partial charge in [-0.2, -0.15) is 0 Å². The van der Waals surface area contributed by atoms with Crippen LogP contribution in [0.4, 0.5) is 0 Å². The molecule has 0 bridgehead atoms. The van der Waals surface area contributed by atoms with E-state index in [1.165, 1.54) is 0 Å². The molecule has 0 saturated heterocycles. The summed E-state index contributed by atoms with van der Waals surface area (Å²) in [5.41, 5.74) is 5.00. The molecule has 0 spiro atoms. The second-order valence-corrected chi connectivity index (χ2v) is 4.59. The van der Waals surface area contributed by atoms with Gasteiger partial charge in [-0.25, -0.2) is 0 Å². The maximum absolute atomic E-state index is 5.28. The molecule has 0 aliphatic rings. The monoisotopic (exact) mass is 253 g/mol. The Bertz CT molecular complexity index is 690. The lowest BCUT2D eigenvalue weighted by Gasteiger charge is -2.10. The highest BCUT2D eigenvalue weighted by atomic mass is 16.5. The first-order valence-electron chi connectivity index (χ1n) is 6.17. The smallest absolute Gasteiger partial charge is 0.119 e. The summed E-state index contributed by atoms with van der Waals surface area (Å²) in [7, 11) is 1.67. The molecule has 0 radical (unpaired) electrons. The molecule has 1 heterocycles. The molecule has 4 heteroatoms. The van der Waals surface area contributed by atoms with Crippen LogP contribution in [0, 0.1) is 13.8 Å². The van der Waals surface area contributed by atoms with Crippen molar-refractivity contribution in [2.24, 2.45) is 0 Å². The molecule has 0 atom stereocenters. The van der Waals surface area contributed by atoms with Crippen LogP contribution in [0.25, 0.3) is 16.7 Å². The third kappa shape index (κ3) is 1.95. The van der Waals surface area contributed by atoms with Gasteiger partial charge in [-0.1, -0.05) is 12.1 Å². The second-order valence-electron chi connectivity index (χ2n) is 4.59. The Morgan fingerprint density at radius 3 is 1.95 bits per heavy atom. The van der Waals surface area contributed by atoms with E-state index >= 15 is 0 Å². The highest BCUT2D eigenvalue weighted by Gasteiger charge is 2.11. The molecule has 96 valence electrons. The van der Waals surface area contributed by atoms with E-state index < -0.39 is 0 Å². The minimum absolute atomic E-state index is 0.857. The van der Waals surface area contributed by atoms with E-state index in [9.17, 15) is 0 Å². The van der Waals surface area contributed by atoms with Crippen LogP contribution in [0.2, 0.25) is 0 Å². The van der Waals surface area contributed by atoms with Gasteiger partial charge in [0.2, 0.25) is 0 Å². The fourth-order valence-electron chi connectivity index (χ4n) is 2.31. The van der Waals surface area contributed by atoms with Crippen molar-refractivity contribution in [1.82, 2.24) is 15.0 Å². The summed E-state index contributed by atoms with van der Waals surface area (Å²) in [6.07, 6.45) is 0. The van der Waals surface area contributed by atoms with Gasteiger partial charge in [0.25, 0.3) is 0 Å². The molecule has 3 rings (SSSR count). The van der Waals surface area contributed by atoms with Crippen molar-refractivity contribution in [3.05, 3.63) is 47.5 Å². The number of ether oxygens (including phenoxy) is 1. The Hall–Kier alpha value is -2.36. The fraction of sp³-hybridized carbons (Fsp3) is 0.200. The van der Waals surface area contributed by atoms with Crippen LogP contribution in [-0.2, 0) is 0 Å². The quantitative estimate of drug-likeness (QED) is 0.704. The molecule has 4 nitrogen and oxygen atoms in total. The molecule has 0 saturated carbocycles. The van der Waals surface area contributed by atoms with Crippen LogP contribution in [-0.4, -0.2) is 22.1 Å². The average molecular weight is 253 g/mol. The van der Waals surface area contributed by atoms with Gasteiger partial charge in [-0.05, 0) is 49.2 Å². The number of aromatic nitrogens is 3. The Morgan fingerprint density at radius 1 is 0.947 bits per heavy atom. The first-order chi connectivity index (χ1) is 9.19. The van der Waals surface area contributed by atoms with E-state index in [-0.39, 0.29) is 0 Å². The minimum Gasteiger partial charge on any atom is -0.497 e. The lowest BCUT2D eigenvalue weighted by atomic mass is 10.1. The normalized spacial score (nSPS) is 10.9. The van der Waals surface area contributed by atoms with E-state index in [1.54, 1.807) is 11.9 Å². The standard InChI is InChI=1S/C15H15N3O/c1-10-8-12(19-3)9-11(2)15(10)18-16-13-6-4-5-7-14(13)17-18/h4-9H,1-3H3. The first kappa shape index (κ1) is 11.7. The maximum Gasteiger partial charge on any atom is 0.119 e. The number of rotatable bonds is 2.